The lowest BCUT2D eigenvalue weighted by atomic mass is 10.3. The van der Waals surface area contributed by atoms with E-state index in [1.165, 1.54) is 19.2 Å². The van der Waals surface area contributed by atoms with E-state index in [0.29, 0.717) is 0 Å². The molecule has 0 heterocycles. The van der Waals surface area contributed by atoms with Crippen molar-refractivity contribution in [3.05, 3.63) is 34.4 Å². The van der Waals surface area contributed by atoms with E-state index in [4.69, 9.17) is 0 Å². The largest absolute Gasteiger partial charge is 0.269 e. The highest BCUT2D eigenvalue weighted by Gasteiger charge is 2.19. The predicted octanol–water partition coefficient (Wildman–Crippen LogP) is 1.53. The van der Waals surface area contributed by atoms with Gasteiger partial charge in [-0.2, -0.15) is 0 Å². The smallest absolute Gasteiger partial charge is 0.258 e. The van der Waals surface area contributed by atoms with Crippen LogP contribution >= 0.6 is 16.1 Å². The minimum atomic E-state index is -3.59. The van der Waals surface area contributed by atoms with Crippen molar-refractivity contribution in [3.8, 4) is 0 Å². The molecular weight excluding hydrogens is 288 g/mol. The van der Waals surface area contributed by atoms with Gasteiger partial charge >= 0.3 is 0 Å². The minimum Gasteiger partial charge on any atom is -0.258 e. The monoisotopic (exact) mass is 294 g/mol. The summed E-state index contributed by atoms with van der Waals surface area (Å²) in [5.41, 5.74) is -0.147. The van der Waals surface area contributed by atoms with Gasteiger partial charge in [0.15, 0.2) is 0 Å². The highest BCUT2D eigenvalue weighted by atomic mass is 79.9. The number of non-ortho nitro benzene ring substituents is 1. The molecule has 1 aromatic carbocycles. The van der Waals surface area contributed by atoms with Crippen LogP contribution in [0.4, 0.5) is 5.69 Å². The standard InChI is InChI=1S/C7H7BrN2O4S/c1-9(8)15(13,14)7-4-2-6(3-5-7)10(11)12/h2-5H,1H3. The summed E-state index contributed by atoms with van der Waals surface area (Å²) in [7, 11) is -2.28. The van der Waals surface area contributed by atoms with Gasteiger partial charge < -0.3 is 0 Å². The van der Waals surface area contributed by atoms with Crippen LogP contribution in [0, 0.1) is 10.1 Å². The van der Waals surface area contributed by atoms with Crippen molar-refractivity contribution in [2.24, 2.45) is 0 Å². The van der Waals surface area contributed by atoms with Gasteiger partial charge in [-0.1, -0.05) is 0 Å². The van der Waals surface area contributed by atoms with Gasteiger partial charge in [0.1, 0.15) is 0 Å². The quantitative estimate of drug-likeness (QED) is 0.481. The molecule has 0 aromatic heterocycles. The number of sulfonamides is 1. The Morgan fingerprint density at radius 1 is 1.33 bits per heavy atom. The Morgan fingerprint density at radius 3 is 2.13 bits per heavy atom. The molecule has 15 heavy (non-hydrogen) atoms. The van der Waals surface area contributed by atoms with Gasteiger partial charge in [-0.25, -0.2) is 8.42 Å². The third kappa shape index (κ3) is 2.52. The normalized spacial score (nSPS) is 11.7. The van der Waals surface area contributed by atoms with E-state index in [1.807, 2.05) is 0 Å². The molecule has 0 unspecified atom stereocenters. The van der Waals surface area contributed by atoms with Crippen LogP contribution in [0.5, 0.6) is 0 Å². The Labute approximate surface area is 95.0 Å². The van der Waals surface area contributed by atoms with Crippen molar-refractivity contribution in [1.82, 2.24) is 3.33 Å². The first-order chi connectivity index (χ1) is 6.85. The summed E-state index contributed by atoms with van der Waals surface area (Å²) in [4.78, 5) is 9.74. The highest BCUT2D eigenvalue weighted by Crippen LogP contribution is 2.19. The van der Waals surface area contributed by atoms with E-state index in [1.54, 1.807) is 0 Å². The maximum atomic E-state index is 11.5. The Morgan fingerprint density at radius 2 is 1.80 bits per heavy atom. The van der Waals surface area contributed by atoms with Crippen LogP contribution in [0.25, 0.3) is 0 Å². The highest BCUT2D eigenvalue weighted by molar-refractivity contribution is 9.08. The SMILES string of the molecule is CN(Br)S(=O)(=O)c1ccc([N+](=O)[O-])cc1. The number of nitro groups is 1. The molecule has 0 aliphatic heterocycles. The number of halogens is 1. The summed E-state index contributed by atoms with van der Waals surface area (Å²) >= 11 is 2.79. The summed E-state index contributed by atoms with van der Waals surface area (Å²) in [5.74, 6) is 0. The van der Waals surface area contributed by atoms with E-state index in [-0.39, 0.29) is 10.6 Å². The van der Waals surface area contributed by atoms with Crippen molar-refractivity contribution in [1.29, 1.82) is 0 Å². The lowest BCUT2D eigenvalue weighted by Crippen LogP contribution is -2.16. The lowest BCUT2D eigenvalue weighted by Gasteiger charge is -2.08. The second-order valence-electron chi connectivity index (χ2n) is 2.65. The average Bonchev–Trinajstić information content (AvgIpc) is 2.17. The first-order valence-electron chi connectivity index (χ1n) is 3.75. The van der Waals surface area contributed by atoms with Crippen LogP contribution in [0.2, 0.25) is 0 Å². The zero-order valence-electron chi connectivity index (χ0n) is 7.62. The lowest BCUT2D eigenvalue weighted by molar-refractivity contribution is -0.384. The fraction of sp³-hybridized carbons (Fsp3) is 0.143. The van der Waals surface area contributed by atoms with E-state index < -0.39 is 14.9 Å². The third-order valence-corrected chi connectivity index (χ3v) is 4.35. The summed E-state index contributed by atoms with van der Waals surface area (Å²) in [6.45, 7) is 0. The number of nitrogens with zero attached hydrogens (tertiary/aromatic N) is 2. The fourth-order valence-corrected chi connectivity index (χ4v) is 2.16. The first-order valence-corrected chi connectivity index (χ1v) is 5.90. The Hall–Kier alpha value is -0.990. The molecule has 0 saturated carbocycles. The molecule has 0 radical (unpaired) electrons. The Bertz CT molecular complexity index is 468. The van der Waals surface area contributed by atoms with Crippen LogP contribution in [-0.4, -0.2) is 23.7 Å². The number of rotatable bonds is 3. The Kier molecular flexibility index (Phi) is 3.42. The van der Waals surface area contributed by atoms with Crippen molar-refractivity contribution >= 4 is 31.9 Å². The molecule has 8 heteroatoms. The van der Waals surface area contributed by atoms with Crippen LogP contribution in [0.3, 0.4) is 0 Å². The van der Waals surface area contributed by atoms with Crippen LogP contribution in [-0.2, 0) is 10.0 Å². The molecule has 6 nitrogen and oxygen atoms in total. The summed E-state index contributed by atoms with van der Waals surface area (Å²) in [6.07, 6.45) is 0. The molecule has 1 rings (SSSR count). The zero-order valence-corrected chi connectivity index (χ0v) is 10.0. The molecule has 0 fully saturated rings. The topological polar surface area (TPSA) is 80.5 Å². The van der Waals surface area contributed by atoms with Crippen LogP contribution in [0.1, 0.15) is 0 Å². The molecular formula is C7H7BrN2O4S. The van der Waals surface area contributed by atoms with Gasteiger partial charge in [0.05, 0.1) is 9.82 Å². The zero-order chi connectivity index (χ0) is 11.6. The molecule has 0 amide bonds. The van der Waals surface area contributed by atoms with Crippen molar-refractivity contribution in [3.63, 3.8) is 0 Å². The molecule has 0 aliphatic rings. The minimum absolute atomic E-state index is 0.00697. The second kappa shape index (κ2) is 4.25. The third-order valence-electron chi connectivity index (χ3n) is 1.68. The van der Waals surface area contributed by atoms with Crippen LogP contribution in [0.15, 0.2) is 29.2 Å². The van der Waals surface area contributed by atoms with Gasteiger partial charge in [0, 0.05) is 35.3 Å². The van der Waals surface area contributed by atoms with Gasteiger partial charge in [-0.3, -0.25) is 10.1 Å². The molecule has 0 bridgehead atoms. The summed E-state index contributed by atoms with van der Waals surface area (Å²) in [5, 5.41) is 10.3. The van der Waals surface area contributed by atoms with Gasteiger partial charge in [0.25, 0.3) is 15.7 Å². The van der Waals surface area contributed by atoms with Crippen molar-refractivity contribution in [2.75, 3.05) is 7.05 Å². The number of hydrogen-bond donors (Lipinski definition) is 0. The Balaban J connectivity index is 3.15. The fourth-order valence-electron chi connectivity index (χ4n) is 0.885. The molecule has 0 saturated heterocycles. The molecule has 1 aromatic rings. The second-order valence-corrected chi connectivity index (χ2v) is 6.15. The van der Waals surface area contributed by atoms with Gasteiger partial charge in [-0.15, -0.1) is 3.33 Å². The van der Waals surface area contributed by atoms with E-state index in [9.17, 15) is 18.5 Å². The van der Waals surface area contributed by atoms with E-state index in [2.05, 4.69) is 16.1 Å². The summed E-state index contributed by atoms with van der Waals surface area (Å²) < 4.78 is 23.9. The molecule has 0 atom stereocenters. The molecule has 82 valence electrons. The van der Waals surface area contributed by atoms with Crippen molar-refractivity contribution in [2.45, 2.75) is 4.90 Å². The van der Waals surface area contributed by atoms with Crippen LogP contribution < -0.4 is 0 Å². The molecule has 0 N–H and O–H groups in total. The maximum Gasteiger partial charge on any atom is 0.269 e. The number of benzene rings is 1. The summed E-state index contributed by atoms with van der Waals surface area (Å²) in [6, 6.07) is 4.66. The number of nitro benzene ring substituents is 1. The van der Waals surface area contributed by atoms with Gasteiger partial charge in [0.2, 0.25) is 0 Å². The first kappa shape index (κ1) is 12.1. The molecule has 0 aliphatic carbocycles. The van der Waals surface area contributed by atoms with Crippen molar-refractivity contribution < 1.29 is 13.3 Å². The van der Waals surface area contributed by atoms with Gasteiger partial charge in [-0.05, 0) is 12.1 Å². The van der Waals surface area contributed by atoms with E-state index in [0.717, 1.165) is 15.5 Å². The van der Waals surface area contributed by atoms with E-state index >= 15 is 0 Å². The molecule has 0 spiro atoms. The maximum absolute atomic E-state index is 11.5. The average molecular weight is 295 g/mol. The number of hydrogen-bond acceptors (Lipinski definition) is 4. The predicted molar refractivity (Wildman–Crippen MR) is 57.0 cm³/mol.